The minimum Gasteiger partial charge on any atom is -0.469 e. The van der Waals surface area contributed by atoms with Gasteiger partial charge in [0.2, 0.25) is 0 Å². The number of benzene rings is 1. The van der Waals surface area contributed by atoms with Crippen LogP contribution in [0.2, 0.25) is 5.02 Å². The number of hydrogen-bond acceptors (Lipinski definition) is 3. The SMILES string of the molecule is Cc1cc(-c2[nH]nc(N)c2-c2c(F)cccc2Cl)co1. The van der Waals surface area contributed by atoms with Crippen LogP contribution in [-0.4, -0.2) is 10.2 Å². The van der Waals surface area contributed by atoms with Crippen LogP contribution in [0.25, 0.3) is 22.4 Å². The third kappa shape index (κ3) is 1.96. The lowest BCUT2D eigenvalue weighted by Crippen LogP contribution is -1.92. The van der Waals surface area contributed by atoms with Gasteiger partial charge in [0.15, 0.2) is 5.82 Å². The molecule has 6 heteroatoms. The molecule has 0 saturated heterocycles. The van der Waals surface area contributed by atoms with Gasteiger partial charge in [0.1, 0.15) is 17.8 Å². The largest absolute Gasteiger partial charge is 0.469 e. The van der Waals surface area contributed by atoms with E-state index in [1.807, 2.05) is 13.0 Å². The van der Waals surface area contributed by atoms with Gasteiger partial charge < -0.3 is 10.2 Å². The molecule has 0 spiro atoms. The number of aryl methyl sites for hydroxylation is 1. The Morgan fingerprint density at radius 3 is 2.80 bits per heavy atom. The van der Waals surface area contributed by atoms with E-state index in [0.29, 0.717) is 11.3 Å². The number of halogens is 2. The molecule has 2 heterocycles. The normalized spacial score (nSPS) is 10.9. The van der Waals surface area contributed by atoms with Gasteiger partial charge in [0.05, 0.1) is 16.3 Å². The Morgan fingerprint density at radius 2 is 2.15 bits per heavy atom. The second-order valence-electron chi connectivity index (χ2n) is 4.40. The topological polar surface area (TPSA) is 67.8 Å². The number of anilines is 1. The van der Waals surface area contributed by atoms with Crippen molar-refractivity contribution in [3.63, 3.8) is 0 Å². The maximum absolute atomic E-state index is 14.1. The first-order valence-corrected chi connectivity index (χ1v) is 6.29. The molecule has 0 aliphatic rings. The fraction of sp³-hybridized carbons (Fsp3) is 0.0714. The van der Waals surface area contributed by atoms with Gasteiger partial charge in [0.25, 0.3) is 0 Å². The van der Waals surface area contributed by atoms with Crippen molar-refractivity contribution in [2.75, 3.05) is 5.73 Å². The predicted octanol–water partition coefficient (Wildman–Crippen LogP) is 4.02. The zero-order valence-corrected chi connectivity index (χ0v) is 11.3. The lowest BCUT2D eigenvalue weighted by atomic mass is 10.0. The summed E-state index contributed by atoms with van der Waals surface area (Å²) in [6, 6.07) is 6.29. The zero-order valence-electron chi connectivity index (χ0n) is 10.6. The molecule has 0 fully saturated rings. The number of aromatic amines is 1. The second kappa shape index (κ2) is 4.68. The summed E-state index contributed by atoms with van der Waals surface area (Å²) >= 11 is 6.10. The minimum absolute atomic E-state index is 0.186. The van der Waals surface area contributed by atoms with Crippen LogP contribution in [0.15, 0.2) is 34.9 Å². The number of rotatable bonds is 2. The lowest BCUT2D eigenvalue weighted by molar-refractivity contribution is 0.535. The molecular formula is C14H11ClFN3O. The van der Waals surface area contributed by atoms with E-state index in [1.165, 1.54) is 6.07 Å². The van der Waals surface area contributed by atoms with E-state index in [1.54, 1.807) is 18.4 Å². The van der Waals surface area contributed by atoms with Crippen molar-refractivity contribution in [2.45, 2.75) is 6.92 Å². The molecular weight excluding hydrogens is 281 g/mol. The quantitative estimate of drug-likeness (QED) is 0.749. The zero-order chi connectivity index (χ0) is 14.3. The van der Waals surface area contributed by atoms with E-state index in [4.69, 9.17) is 21.8 Å². The highest BCUT2D eigenvalue weighted by Crippen LogP contribution is 2.40. The number of furan rings is 1. The van der Waals surface area contributed by atoms with Crippen molar-refractivity contribution in [3.8, 4) is 22.4 Å². The highest BCUT2D eigenvalue weighted by atomic mass is 35.5. The standard InChI is InChI=1S/C14H11ClFN3O/c1-7-5-8(6-20-7)13-12(14(17)19-18-13)11-9(15)3-2-4-10(11)16/h2-6H,1H3,(H3,17,18,19). The van der Waals surface area contributed by atoms with Crippen molar-refractivity contribution in [1.82, 2.24) is 10.2 Å². The summed E-state index contributed by atoms with van der Waals surface area (Å²) < 4.78 is 19.4. The van der Waals surface area contributed by atoms with E-state index in [9.17, 15) is 4.39 Å². The number of H-pyrrole nitrogens is 1. The Morgan fingerprint density at radius 1 is 1.35 bits per heavy atom. The van der Waals surface area contributed by atoms with Crippen molar-refractivity contribution >= 4 is 17.4 Å². The van der Waals surface area contributed by atoms with Crippen LogP contribution >= 0.6 is 11.6 Å². The van der Waals surface area contributed by atoms with Crippen LogP contribution in [0.5, 0.6) is 0 Å². The molecule has 0 bridgehead atoms. The van der Waals surface area contributed by atoms with Gasteiger partial charge in [0, 0.05) is 11.1 Å². The van der Waals surface area contributed by atoms with Gasteiger partial charge in [-0.1, -0.05) is 17.7 Å². The third-order valence-electron chi connectivity index (χ3n) is 3.03. The summed E-state index contributed by atoms with van der Waals surface area (Å²) in [6.45, 7) is 1.82. The average molecular weight is 292 g/mol. The molecule has 3 N–H and O–H groups in total. The first-order chi connectivity index (χ1) is 9.58. The maximum Gasteiger partial charge on any atom is 0.153 e. The van der Waals surface area contributed by atoms with Crippen LogP contribution < -0.4 is 5.73 Å². The first-order valence-electron chi connectivity index (χ1n) is 5.91. The number of hydrogen-bond donors (Lipinski definition) is 2. The number of nitrogens with zero attached hydrogens (tertiary/aromatic N) is 1. The van der Waals surface area contributed by atoms with Crippen LogP contribution in [0.4, 0.5) is 10.2 Å². The second-order valence-corrected chi connectivity index (χ2v) is 4.81. The molecule has 0 amide bonds. The summed E-state index contributed by atoms with van der Waals surface area (Å²) in [6.07, 6.45) is 1.56. The molecule has 20 heavy (non-hydrogen) atoms. The van der Waals surface area contributed by atoms with E-state index in [0.717, 1.165) is 11.3 Å². The Hall–Kier alpha value is -2.27. The van der Waals surface area contributed by atoms with Crippen LogP contribution in [0.3, 0.4) is 0 Å². The van der Waals surface area contributed by atoms with Crippen molar-refractivity contribution in [1.29, 1.82) is 0 Å². The van der Waals surface area contributed by atoms with Crippen molar-refractivity contribution < 1.29 is 8.81 Å². The van der Waals surface area contributed by atoms with Crippen LogP contribution in [0, 0.1) is 12.7 Å². The van der Waals surface area contributed by atoms with Gasteiger partial charge in [-0.2, -0.15) is 5.10 Å². The van der Waals surface area contributed by atoms with E-state index >= 15 is 0 Å². The molecule has 0 atom stereocenters. The molecule has 3 aromatic rings. The Balaban J connectivity index is 2.27. The molecule has 102 valence electrons. The monoisotopic (exact) mass is 291 g/mol. The number of nitrogens with two attached hydrogens (primary N) is 1. The van der Waals surface area contributed by atoms with E-state index in [2.05, 4.69) is 10.2 Å². The Kier molecular flexibility index (Phi) is 2.99. The summed E-state index contributed by atoms with van der Waals surface area (Å²) in [7, 11) is 0. The highest BCUT2D eigenvalue weighted by molar-refractivity contribution is 6.33. The molecule has 3 rings (SSSR count). The minimum atomic E-state index is -0.452. The van der Waals surface area contributed by atoms with Gasteiger partial charge in [-0.25, -0.2) is 4.39 Å². The highest BCUT2D eigenvalue weighted by Gasteiger charge is 2.21. The smallest absolute Gasteiger partial charge is 0.153 e. The van der Waals surface area contributed by atoms with Gasteiger partial charge in [-0.3, -0.25) is 5.10 Å². The summed E-state index contributed by atoms with van der Waals surface area (Å²) in [4.78, 5) is 0. The Bertz CT molecular complexity index is 758. The molecule has 0 aliphatic carbocycles. The van der Waals surface area contributed by atoms with Gasteiger partial charge in [-0.05, 0) is 25.1 Å². The fourth-order valence-electron chi connectivity index (χ4n) is 2.13. The summed E-state index contributed by atoms with van der Waals surface area (Å²) in [5.41, 5.74) is 7.84. The van der Waals surface area contributed by atoms with E-state index < -0.39 is 5.82 Å². The summed E-state index contributed by atoms with van der Waals surface area (Å²) in [5, 5.41) is 7.02. The molecule has 4 nitrogen and oxygen atoms in total. The van der Waals surface area contributed by atoms with Crippen molar-refractivity contribution in [2.24, 2.45) is 0 Å². The molecule has 0 saturated carbocycles. The van der Waals surface area contributed by atoms with E-state index in [-0.39, 0.29) is 16.4 Å². The number of nitrogens with one attached hydrogen (secondary N) is 1. The summed E-state index contributed by atoms with van der Waals surface area (Å²) in [5.74, 6) is 0.469. The third-order valence-corrected chi connectivity index (χ3v) is 3.34. The van der Waals surface area contributed by atoms with Gasteiger partial charge >= 0.3 is 0 Å². The first kappa shape index (κ1) is 12.7. The van der Waals surface area contributed by atoms with Crippen LogP contribution in [0.1, 0.15) is 5.76 Å². The fourth-order valence-corrected chi connectivity index (χ4v) is 2.39. The van der Waals surface area contributed by atoms with Crippen LogP contribution in [-0.2, 0) is 0 Å². The lowest BCUT2D eigenvalue weighted by Gasteiger charge is -2.06. The molecule has 0 unspecified atom stereocenters. The molecule has 0 aliphatic heterocycles. The van der Waals surface area contributed by atoms with Crippen molar-refractivity contribution in [3.05, 3.63) is 47.1 Å². The molecule has 2 aromatic heterocycles. The molecule has 0 radical (unpaired) electrons. The number of nitrogen functional groups attached to an aromatic ring is 1. The molecule has 1 aromatic carbocycles. The average Bonchev–Trinajstić information content (AvgIpc) is 2.97. The number of aromatic nitrogens is 2. The predicted molar refractivity (Wildman–Crippen MR) is 75.8 cm³/mol. The Labute approximate surface area is 119 Å². The maximum atomic E-state index is 14.1. The van der Waals surface area contributed by atoms with Gasteiger partial charge in [-0.15, -0.1) is 0 Å².